The maximum absolute atomic E-state index is 11.6. The molecule has 23 heavy (non-hydrogen) atoms. The highest BCUT2D eigenvalue weighted by Gasteiger charge is 2.20. The van der Waals surface area contributed by atoms with Crippen molar-refractivity contribution in [1.82, 2.24) is 0 Å². The highest BCUT2D eigenvalue weighted by Crippen LogP contribution is 2.27. The number of ether oxygens (including phenoxy) is 1. The maximum Gasteiger partial charge on any atom is 0.294 e. The summed E-state index contributed by atoms with van der Waals surface area (Å²) in [5.41, 5.74) is 3.71. The van der Waals surface area contributed by atoms with Crippen molar-refractivity contribution in [2.75, 3.05) is 6.61 Å². The van der Waals surface area contributed by atoms with Gasteiger partial charge in [0.25, 0.3) is 10.1 Å². The fourth-order valence-corrected chi connectivity index (χ4v) is 3.27. The lowest BCUT2D eigenvalue weighted by molar-refractivity contribution is 0.292. The molecule has 4 nitrogen and oxygen atoms in total. The van der Waals surface area contributed by atoms with E-state index in [0.29, 0.717) is 12.2 Å². The fourth-order valence-electron chi connectivity index (χ4n) is 2.47. The van der Waals surface area contributed by atoms with Crippen LogP contribution >= 0.6 is 0 Å². The predicted molar refractivity (Wildman–Crippen MR) is 90.8 cm³/mol. The van der Waals surface area contributed by atoms with Crippen molar-refractivity contribution < 1.29 is 17.7 Å². The average molecular weight is 334 g/mol. The van der Waals surface area contributed by atoms with E-state index in [-0.39, 0.29) is 10.8 Å². The summed E-state index contributed by atoms with van der Waals surface area (Å²) in [5, 5.41) is 0. The molecule has 0 spiro atoms. The number of hydrogen-bond acceptors (Lipinski definition) is 3. The highest BCUT2D eigenvalue weighted by atomic mass is 32.2. The van der Waals surface area contributed by atoms with Crippen molar-refractivity contribution in [3.63, 3.8) is 0 Å². The van der Waals surface area contributed by atoms with Crippen molar-refractivity contribution in [1.29, 1.82) is 0 Å². The van der Waals surface area contributed by atoms with Gasteiger partial charge >= 0.3 is 0 Å². The molecule has 1 unspecified atom stereocenters. The van der Waals surface area contributed by atoms with E-state index >= 15 is 0 Å². The fraction of sp³-hybridized carbons (Fsp3) is 0.333. The molecule has 2 aromatic carbocycles. The standard InChI is InChI=1S/C18H22O4S/c1-12-8-9-18(23(19,20)21)16(10-12)14(3)11-22-17-7-5-6-13(2)15(17)4/h5-10,14H,11H2,1-4H3,(H,19,20,21). The van der Waals surface area contributed by atoms with Crippen LogP contribution in [0.2, 0.25) is 0 Å². The van der Waals surface area contributed by atoms with Crippen molar-refractivity contribution in [2.45, 2.75) is 38.5 Å². The van der Waals surface area contributed by atoms with Gasteiger partial charge in [0.2, 0.25) is 0 Å². The van der Waals surface area contributed by atoms with E-state index in [2.05, 4.69) is 0 Å². The summed E-state index contributed by atoms with van der Waals surface area (Å²) in [5.74, 6) is 0.615. The molecule has 0 aliphatic heterocycles. The summed E-state index contributed by atoms with van der Waals surface area (Å²) in [6.45, 7) is 8.11. The largest absolute Gasteiger partial charge is 0.493 e. The zero-order valence-corrected chi connectivity index (χ0v) is 14.6. The van der Waals surface area contributed by atoms with E-state index in [0.717, 1.165) is 22.4 Å². The quantitative estimate of drug-likeness (QED) is 0.838. The minimum atomic E-state index is -4.25. The topological polar surface area (TPSA) is 63.6 Å². The first-order valence-electron chi connectivity index (χ1n) is 7.47. The van der Waals surface area contributed by atoms with Gasteiger partial charge in [0.1, 0.15) is 5.75 Å². The van der Waals surface area contributed by atoms with Crippen molar-refractivity contribution in [3.05, 3.63) is 58.7 Å². The molecule has 0 heterocycles. The lowest BCUT2D eigenvalue weighted by Gasteiger charge is -2.18. The zero-order valence-electron chi connectivity index (χ0n) is 13.8. The number of hydrogen-bond donors (Lipinski definition) is 1. The van der Waals surface area contributed by atoms with Crippen LogP contribution in [0.4, 0.5) is 0 Å². The van der Waals surface area contributed by atoms with Gasteiger partial charge in [0.05, 0.1) is 11.5 Å². The average Bonchev–Trinajstić information content (AvgIpc) is 2.47. The molecule has 0 aliphatic carbocycles. The van der Waals surface area contributed by atoms with Crippen LogP contribution in [0.15, 0.2) is 41.3 Å². The summed E-state index contributed by atoms with van der Waals surface area (Å²) in [4.78, 5) is -0.0554. The summed E-state index contributed by atoms with van der Waals surface area (Å²) >= 11 is 0. The summed E-state index contributed by atoms with van der Waals surface area (Å²) in [6.07, 6.45) is 0. The Bertz CT molecular complexity index is 810. The van der Waals surface area contributed by atoms with E-state index in [4.69, 9.17) is 4.74 Å². The predicted octanol–water partition coefficient (Wildman–Crippen LogP) is 4.04. The van der Waals surface area contributed by atoms with Gasteiger partial charge in [0, 0.05) is 5.92 Å². The molecule has 2 aromatic rings. The Morgan fingerprint density at radius 1 is 1.13 bits per heavy atom. The van der Waals surface area contributed by atoms with Crippen LogP contribution in [-0.4, -0.2) is 19.6 Å². The normalized spacial score (nSPS) is 12.9. The second kappa shape index (κ2) is 6.72. The van der Waals surface area contributed by atoms with Gasteiger partial charge in [-0.3, -0.25) is 4.55 Å². The molecule has 0 amide bonds. The maximum atomic E-state index is 11.6. The summed E-state index contributed by atoms with van der Waals surface area (Å²) in [6, 6.07) is 10.7. The monoisotopic (exact) mass is 334 g/mol. The second-order valence-corrected chi connectivity index (χ2v) is 7.32. The molecule has 0 fully saturated rings. The Labute approximate surface area is 137 Å². The van der Waals surface area contributed by atoms with Gasteiger partial charge in [-0.25, -0.2) is 0 Å². The minimum absolute atomic E-state index is 0.0554. The van der Waals surface area contributed by atoms with Crippen LogP contribution in [0.5, 0.6) is 5.75 Å². The van der Waals surface area contributed by atoms with E-state index < -0.39 is 10.1 Å². The molecule has 124 valence electrons. The Kier molecular flexibility index (Phi) is 5.12. The van der Waals surface area contributed by atoms with Crippen molar-refractivity contribution >= 4 is 10.1 Å². The molecule has 5 heteroatoms. The third-order valence-electron chi connectivity index (χ3n) is 4.02. The zero-order chi connectivity index (χ0) is 17.2. The SMILES string of the molecule is Cc1ccc(S(=O)(=O)O)c(C(C)COc2cccc(C)c2C)c1. The van der Waals surface area contributed by atoms with Gasteiger partial charge in [-0.2, -0.15) is 8.42 Å². The highest BCUT2D eigenvalue weighted by molar-refractivity contribution is 7.85. The molecule has 1 N–H and O–H groups in total. The molecule has 0 saturated heterocycles. The van der Waals surface area contributed by atoms with Gasteiger partial charge in [-0.15, -0.1) is 0 Å². The molecule has 2 rings (SSSR count). The smallest absolute Gasteiger partial charge is 0.294 e. The van der Waals surface area contributed by atoms with E-state index in [9.17, 15) is 13.0 Å². The van der Waals surface area contributed by atoms with Crippen LogP contribution in [0.25, 0.3) is 0 Å². The molecular weight excluding hydrogens is 312 g/mol. The number of benzene rings is 2. The molecule has 0 aliphatic rings. The Balaban J connectivity index is 2.26. The van der Waals surface area contributed by atoms with Crippen LogP contribution in [0, 0.1) is 20.8 Å². The first-order valence-corrected chi connectivity index (χ1v) is 8.91. The van der Waals surface area contributed by atoms with Crippen LogP contribution < -0.4 is 4.74 Å². The van der Waals surface area contributed by atoms with Gasteiger partial charge in [0.15, 0.2) is 0 Å². The third-order valence-corrected chi connectivity index (χ3v) is 4.95. The van der Waals surface area contributed by atoms with Crippen LogP contribution in [0.1, 0.15) is 35.1 Å². The molecule has 0 bridgehead atoms. The van der Waals surface area contributed by atoms with Crippen LogP contribution in [0.3, 0.4) is 0 Å². The molecule has 0 aromatic heterocycles. The molecule has 1 atom stereocenters. The van der Waals surface area contributed by atoms with E-state index in [1.807, 2.05) is 45.9 Å². The lowest BCUT2D eigenvalue weighted by atomic mass is 10.00. The first kappa shape index (κ1) is 17.5. The van der Waals surface area contributed by atoms with Crippen LogP contribution in [-0.2, 0) is 10.1 Å². The molecule has 0 radical (unpaired) electrons. The Hall–Kier alpha value is -1.85. The van der Waals surface area contributed by atoms with Crippen molar-refractivity contribution in [2.24, 2.45) is 0 Å². The second-order valence-electron chi connectivity index (χ2n) is 5.93. The Morgan fingerprint density at radius 3 is 2.48 bits per heavy atom. The lowest BCUT2D eigenvalue weighted by Crippen LogP contribution is -2.12. The van der Waals surface area contributed by atoms with Crippen molar-refractivity contribution in [3.8, 4) is 5.75 Å². The first-order chi connectivity index (χ1) is 10.7. The molecule has 0 saturated carbocycles. The summed E-state index contributed by atoms with van der Waals surface area (Å²) in [7, 11) is -4.25. The molecular formula is C18H22O4S. The van der Waals surface area contributed by atoms with E-state index in [1.54, 1.807) is 12.1 Å². The van der Waals surface area contributed by atoms with Gasteiger partial charge in [-0.05, 0) is 49.6 Å². The third kappa shape index (κ3) is 4.12. The van der Waals surface area contributed by atoms with Gasteiger partial charge in [-0.1, -0.05) is 36.8 Å². The Morgan fingerprint density at radius 2 is 1.83 bits per heavy atom. The minimum Gasteiger partial charge on any atom is -0.493 e. The number of rotatable bonds is 5. The van der Waals surface area contributed by atoms with E-state index in [1.165, 1.54) is 6.07 Å². The van der Waals surface area contributed by atoms with Gasteiger partial charge < -0.3 is 4.74 Å². The summed E-state index contributed by atoms with van der Waals surface area (Å²) < 4.78 is 38.4. The number of aryl methyl sites for hydroxylation is 2.